The van der Waals surface area contributed by atoms with Gasteiger partial charge in [-0.25, -0.2) is 4.79 Å². The van der Waals surface area contributed by atoms with E-state index in [4.69, 9.17) is 4.74 Å². The van der Waals surface area contributed by atoms with Crippen LogP contribution in [0, 0.1) is 11.8 Å². The fraction of sp³-hybridized carbons (Fsp3) is 0.387. The van der Waals surface area contributed by atoms with Crippen molar-refractivity contribution >= 4 is 5.97 Å². The number of hydrogen-bond donors (Lipinski definition) is 0. The summed E-state index contributed by atoms with van der Waals surface area (Å²) in [5, 5.41) is 0. The van der Waals surface area contributed by atoms with Crippen LogP contribution in [-0.2, 0) is 12.8 Å². The number of carbonyl (C=O) groups is 1. The van der Waals surface area contributed by atoms with Crippen molar-refractivity contribution in [2.45, 2.75) is 66.2 Å². The van der Waals surface area contributed by atoms with Crippen LogP contribution in [0.5, 0.6) is 5.75 Å². The van der Waals surface area contributed by atoms with E-state index in [1.54, 1.807) is 0 Å². The van der Waals surface area contributed by atoms with Crippen LogP contribution >= 0.6 is 0 Å². The van der Waals surface area contributed by atoms with Crippen LogP contribution in [-0.4, -0.2) is 5.97 Å². The summed E-state index contributed by atoms with van der Waals surface area (Å²) in [7, 11) is 0. The van der Waals surface area contributed by atoms with Crippen molar-refractivity contribution in [1.29, 1.82) is 0 Å². The molecule has 3 aromatic rings. The maximum Gasteiger partial charge on any atom is 0.343 e. The maximum absolute atomic E-state index is 12.6. The zero-order chi connectivity index (χ0) is 23.6. The third-order valence-corrected chi connectivity index (χ3v) is 6.68. The molecule has 2 heteroatoms. The number of benzene rings is 3. The molecule has 0 heterocycles. The molecule has 0 aromatic heterocycles. The minimum atomic E-state index is -0.326. The third kappa shape index (κ3) is 7.60. The molecular formula is C31H38O2. The lowest BCUT2D eigenvalue weighted by molar-refractivity contribution is 0.0734. The first-order chi connectivity index (χ1) is 16.0. The summed E-state index contributed by atoms with van der Waals surface area (Å²) in [4.78, 5) is 12.6. The van der Waals surface area contributed by atoms with E-state index in [0.717, 1.165) is 36.3 Å². The number of esters is 1. The first kappa shape index (κ1) is 24.8. The van der Waals surface area contributed by atoms with E-state index in [-0.39, 0.29) is 5.97 Å². The second-order valence-electron chi connectivity index (χ2n) is 9.43. The largest absolute Gasteiger partial charge is 0.423 e. The van der Waals surface area contributed by atoms with Crippen LogP contribution in [0.15, 0.2) is 72.8 Å². The average Bonchev–Trinajstić information content (AvgIpc) is 2.85. The zero-order valence-electron chi connectivity index (χ0n) is 20.6. The molecule has 174 valence electrons. The van der Waals surface area contributed by atoms with Crippen molar-refractivity contribution in [3.8, 4) is 16.9 Å². The van der Waals surface area contributed by atoms with E-state index in [1.165, 1.54) is 30.4 Å². The van der Waals surface area contributed by atoms with Gasteiger partial charge in [0.1, 0.15) is 5.75 Å². The van der Waals surface area contributed by atoms with E-state index in [2.05, 4.69) is 52.0 Å². The fourth-order valence-corrected chi connectivity index (χ4v) is 3.93. The van der Waals surface area contributed by atoms with Crippen LogP contribution in [0.2, 0.25) is 0 Å². The molecule has 3 rings (SSSR count). The van der Waals surface area contributed by atoms with Crippen molar-refractivity contribution in [2.75, 3.05) is 0 Å². The summed E-state index contributed by atoms with van der Waals surface area (Å²) >= 11 is 0. The normalized spacial score (nSPS) is 12.8. The molecule has 2 atom stereocenters. The zero-order valence-corrected chi connectivity index (χ0v) is 20.6. The van der Waals surface area contributed by atoms with Gasteiger partial charge < -0.3 is 4.74 Å². The minimum Gasteiger partial charge on any atom is -0.423 e. The second-order valence-corrected chi connectivity index (χ2v) is 9.43. The van der Waals surface area contributed by atoms with E-state index < -0.39 is 0 Å². The molecule has 3 aromatic carbocycles. The molecule has 0 spiro atoms. The molecule has 0 aliphatic carbocycles. The Kier molecular flexibility index (Phi) is 9.30. The highest BCUT2D eigenvalue weighted by molar-refractivity contribution is 5.91. The Bertz CT molecular complexity index is 985. The Balaban J connectivity index is 1.55. The van der Waals surface area contributed by atoms with Gasteiger partial charge in [-0.2, -0.15) is 0 Å². The van der Waals surface area contributed by atoms with Gasteiger partial charge in [-0.15, -0.1) is 0 Å². The third-order valence-electron chi connectivity index (χ3n) is 6.68. The standard InChI is InChI=1S/C31H38O2/c1-5-23(3)8-7-9-25-10-14-27(15-11-25)28-16-18-29(19-17-28)31(32)33-30-20-12-26(13-21-30)22-24(4)6-2/h10-21,23-24H,5-9,22H2,1-4H3/t23-,24+/m1/s1. The number of aryl methyl sites for hydroxylation is 1. The summed E-state index contributed by atoms with van der Waals surface area (Å²) in [5.74, 6) is 1.72. The van der Waals surface area contributed by atoms with Crippen molar-refractivity contribution < 1.29 is 9.53 Å². The Morgan fingerprint density at radius 1 is 0.727 bits per heavy atom. The van der Waals surface area contributed by atoms with Crippen LogP contribution in [0.4, 0.5) is 0 Å². The smallest absolute Gasteiger partial charge is 0.343 e. The van der Waals surface area contributed by atoms with Gasteiger partial charge in [0.05, 0.1) is 5.56 Å². The molecular weight excluding hydrogens is 404 g/mol. The predicted octanol–water partition coefficient (Wildman–Crippen LogP) is 8.53. The predicted molar refractivity (Wildman–Crippen MR) is 139 cm³/mol. The van der Waals surface area contributed by atoms with Crippen molar-refractivity contribution in [3.63, 3.8) is 0 Å². The molecule has 0 saturated heterocycles. The SMILES string of the molecule is CC[C@@H](C)CCCc1ccc(-c2ccc(C(=O)Oc3ccc(C[C@@H](C)CC)cc3)cc2)cc1. The summed E-state index contributed by atoms with van der Waals surface area (Å²) < 4.78 is 5.57. The molecule has 0 amide bonds. The molecule has 0 N–H and O–H groups in total. The first-order valence-electron chi connectivity index (χ1n) is 12.5. The molecule has 0 aliphatic heterocycles. The molecule has 0 bridgehead atoms. The highest BCUT2D eigenvalue weighted by Crippen LogP contribution is 2.23. The Morgan fingerprint density at radius 3 is 1.85 bits per heavy atom. The molecule has 0 radical (unpaired) electrons. The van der Waals surface area contributed by atoms with Gasteiger partial charge in [-0.3, -0.25) is 0 Å². The van der Waals surface area contributed by atoms with Gasteiger partial charge in [0.15, 0.2) is 0 Å². The van der Waals surface area contributed by atoms with Crippen LogP contribution in [0.1, 0.15) is 74.9 Å². The quantitative estimate of drug-likeness (QED) is 0.220. The highest BCUT2D eigenvalue weighted by atomic mass is 16.5. The summed E-state index contributed by atoms with van der Waals surface area (Å²) in [6.45, 7) is 9.04. The first-order valence-corrected chi connectivity index (χ1v) is 12.5. The van der Waals surface area contributed by atoms with E-state index >= 15 is 0 Å². The van der Waals surface area contributed by atoms with Crippen molar-refractivity contribution in [3.05, 3.63) is 89.5 Å². The van der Waals surface area contributed by atoms with Gasteiger partial charge in [-0.05, 0) is 77.6 Å². The van der Waals surface area contributed by atoms with E-state index in [0.29, 0.717) is 17.2 Å². The number of carbonyl (C=O) groups excluding carboxylic acids is 1. The second kappa shape index (κ2) is 12.4. The number of hydrogen-bond acceptors (Lipinski definition) is 2. The lowest BCUT2D eigenvalue weighted by Crippen LogP contribution is -2.08. The van der Waals surface area contributed by atoms with Crippen LogP contribution in [0.25, 0.3) is 11.1 Å². The van der Waals surface area contributed by atoms with E-state index in [1.807, 2.05) is 48.5 Å². The van der Waals surface area contributed by atoms with Gasteiger partial charge in [0.25, 0.3) is 0 Å². The van der Waals surface area contributed by atoms with Gasteiger partial charge in [-0.1, -0.05) is 95.5 Å². The minimum absolute atomic E-state index is 0.326. The van der Waals surface area contributed by atoms with Crippen molar-refractivity contribution in [1.82, 2.24) is 0 Å². The lowest BCUT2D eigenvalue weighted by atomic mass is 9.97. The van der Waals surface area contributed by atoms with Crippen LogP contribution < -0.4 is 4.74 Å². The summed E-state index contributed by atoms with van der Waals surface area (Å²) in [5.41, 5.74) is 5.49. The lowest BCUT2D eigenvalue weighted by Gasteiger charge is -2.10. The topological polar surface area (TPSA) is 26.3 Å². The average molecular weight is 443 g/mol. The van der Waals surface area contributed by atoms with Gasteiger partial charge >= 0.3 is 5.97 Å². The fourth-order valence-electron chi connectivity index (χ4n) is 3.93. The Labute approximate surface area is 200 Å². The van der Waals surface area contributed by atoms with Gasteiger partial charge in [0.2, 0.25) is 0 Å². The highest BCUT2D eigenvalue weighted by Gasteiger charge is 2.10. The Morgan fingerprint density at radius 2 is 1.27 bits per heavy atom. The monoisotopic (exact) mass is 442 g/mol. The summed E-state index contributed by atoms with van der Waals surface area (Å²) in [6, 6.07) is 24.3. The molecule has 33 heavy (non-hydrogen) atoms. The molecule has 0 saturated carbocycles. The van der Waals surface area contributed by atoms with Crippen molar-refractivity contribution in [2.24, 2.45) is 11.8 Å². The molecule has 0 unspecified atom stereocenters. The Hall–Kier alpha value is -2.87. The van der Waals surface area contributed by atoms with Gasteiger partial charge in [0, 0.05) is 0 Å². The number of rotatable bonds is 11. The maximum atomic E-state index is 12.6. The molecule has 0 aliphatic rings. The molecule has 2 nitrogen and oxygen atoms in total. The number of ether oxygens (including phenoxy) is 1. The molecule has 0 fully saturated rings. The summed E-state index contributed by atoms with van der Waals surface area (Å²) in [6.07, 6.45) is 7.13. The van der Waals surface area contributed by atoms with Crippen LogP contribution in [0.3, 0.4) is 0 Å². The van der Waals surface area contributed by atoms with E-state index in [9.17, 15) is 4.79 Å².